The van der Waals surface area contributed by atoms with Crippen LogP contribution in [-0.4, -0.2) is 72.5 Å². The van der Waals surface area contributed by atoms with Gasteiger partial charge in [0.15, 0.2) is 0 Å². The topological polar surface area (TPSA) is 114 Å². The maximum absolute atomic E-state index is 14.5. The Hall–Kier alpha value is -4.05. The second-order valence-corrected chi connectivity index (χ2v) is 13.4. The summed E-state index contributed by atoms with van der Waals surface area (Å²) < 4.78 is 11.8. The molecule has 0 radical (unpaired) electrons. The first-order valence-electron chi connectivity index (χ1n) is 16.7. The normalized spacial score (nSPS) is 17.1. The van der Waals surface area contributed by atoms with Gasteiger partial charge in [-0.2, -0.15) is 0 Å². The fourth-order valence-corrected chi connectivity index (χ4v) is 6.87. The first kappa shape index (κ1) is 36.2. The predicted octanol–water partition coefficient (Wildman–Crippen LogP) is 6.10. The summed E-state index contributed by atoms with van der Waals surface area (Å²) in [6, 6.07) is 18.7. The molecule has 3 N–H and O–H groups in total. The number of aryl methyl sites for hydroxylation is 2. The molecule has 49 heavy (non-hydrogen) atoms. The zero-order valence-corrected chi connectivity index (χ0v) is 29.8. The first-order chi connectivity index (χ1) is 23.5. The molecule has 1 saturated heterocycles. The van der Waals surface area contributed by atoms with Crippen molar-refractivity contribution in [3.05, 3.63) is 98.5 Å². The van der Waals surface area contributed by atoms with Crippen molar-refractivity contribution in [1.29, 1.82) is 0 Å². The number of carbonyl (C=O) groups is 3. The van der Waals surface area contributed by atoms with E-state index in [9.17, 15) is 14.4 Å². The molecule has 2 atom stereocenters. The van der Waals surface area contributed by atoms with Crippen LogP contribution in [-0.2, 0) is 20.9 Å². The number of hydrogen-bond acceptors (Lipinski definition) is 6. The Kier molecular flexibility index (Phi) is 12.3. The van der Waals surface area contributed by atoms with Crippen molar-refractivity contribution in [1.82, 2.24) is 15.1 Å². The third kappa shape index (κ3) is 9.15. The number of likely N-dealkylation sites (N-methyl/N-ethyl adjacent to an activating group) is 1. The van der Waals surface area contributed by atoms with Gasteiger partial charge in [-0.15, -0.1) is 0 Å². The summed E-state index contributed by atoms with van der Waals surface area (Å²) in [5.74, 6) is 0.754. The molecular weight excluding hydrogens is 663 g/mol. The molecule has 2 heterocycles. The summed E-state index contributed by atoms with van der Waals surface area (Å²) in [6.45, 7) is 8.35. The second-order valence-electron chi connectivity index (χ2n) is 12.6. The Labute approximate surface area is 298 Å². The maximum Gasteiger partial charge on any atom is 0.252 e. The fourth-order valence-electron chi connectivity index (χ4n) is 6.40. The standard InChI is InChI=1S/C38H44Cl2N4O5/c1-4-43(21-27-8-5-6-9-31(27)39)38(47)37-30(20-28-22-44(23-33(37)42-28)36(46)11-7-10-35(41)45)26-12-14-29(15-13-26)48-16-17-49-34-19-25(3)24(2)18-32(34)40/h5-6,8-9,12-15,18-19,28,33,42H,4,7,10-11,16-17,20-23H2,1-3H3,(H2,41,45)/t28-,33-/m1/s1. The molecule has 2 aliphatic heterocycles. The molecule has 11 heteroatoms. The Morgan fingerprint density at radius 2 is 1.65 bits per heavy atom. The van der Waals surface area contributed by atoms with Gasteiger partial charge in [0, 0.05) is 55.7 Å². The van der Waals surface area contributed by atoms with E-state index < -0.39 is 5.91 Å². The lowest BCUT2D eigenvalue weighted by molar-refractivity contribution is -0.134. The quantitative estimate of drug-likeness (QED) is 0.196. The highest BCUT2D eigenvalue weighted by molar-refractivity contribution is 6.32. The van der Waals surface area contributed by atoms with Crippen molar-refractivity contribution >= 4 is 46.5 Å². The summed E-state index contributed by atoms with van der Waals surface area (Å²) in [5.41, 5.74) is 10.9. The number of piperazine rings is 1. The molecule has 5 rings (SSSR count). The number of halogens is 2. The molecule has 3 amide bonds. The van der Waals surface area contributed by atoms with Crippen LogP contribution in [0.4, 0.5) is 0 Å². The molecular formula is C38H44Cl2N4O5. The third-order valence-electron chi connectivity index (χ3n) is 9.15. The molecule has 3 aromatic carbocycles. The number of carbonyl (C=O) groups excluding carboxylic acids is 3. The van der Waals surface area contributed by atoms with E-state index in [2.05, 4.69) is 5.32 Å². The minimum atomic E-state index is -0.421. The molecule has 9 nitrogen and oxygen atoms in total. The number of amides is 3. The number of benzene rings is 3. The maximum atomic E-state index is 14.5. The van der Waals surface area contributed by atoms with Crippen molar-refractivity contribution in [2.75, 3.05) is 32.8 Å². The van der Waals surface area contributed by atoms with E-state index in [1.165, 1.54) is 0 Å². The summed E-state index contributed by atoms with van der Waals surface area (Å²) >= 11 is 12.8. The van der Waals surface area contributed by atoms with Gasteiger partial charge in [0.05, 0.1) is 11.1 Å². The van der Waals surface area contributed by atoms with E-state index in [-0.39, 0.29) is 36.7 Å². The Bertz CT molecular complexity index is 1710. The van der Waals surface area contributed by atoms with E-state index in [0.717, 1.165) is 27.8 Å². The van der Waals surface area contributed by atoms with Crippen molar-refractivity contribution in [2.24, 2.45) is 5.73 Å². The second kappa shape index (κ2) is 16.6. The molecule has 0 saturated carbocycles. The summed E-state index contributed by atoms with van der Waals surface area (Å²) in [7, 11) is 0. The van der Waals surface area contributed by atoms with E-state index in [1.807, 2.05) is 86.3 Å². The van der Waals surface area contributed by atoms with Crippen LogP contribution in [0.25, 0.3) is 5.57 Å². The predicted molar refractivity (Wildman–Crippen MR) is 193 cm³/mol. The first-order valence-corrected chi connectivity index (χ1v) is 17.5. The number of rotatable bonds is 14. The smallest absolute Gasteiger partial charge is 0.252 e. The van der Waals surface area contributed by atoms with Crippen molar-refractivity contribution in [3.63, 3.8) is 0 Å². The molecule has 0 spiro atoms. The van der Waals surface area contributed by atoms with Gasteiger partial charge in [0.2, 0.25) is 11.8 Å². The lowest BCUT2D eigenvalue weighted by atomic mass is 9.82. The van der Waals surface area contributed by atoms with Crippen LogP contribution in [0.2, 0.25) is 10.0 Å². The summed E-state index contributed by atoms with van der Waals surface area (Å²) in [4.78, 5) is 42.5. The molecule has 0 aromatic heterocycles. The Morgan fingerprint density at radius 1 is 0.939 bits per heavy atom. The largest absolute Gasteiger partial charge is 0.490 e. The Morgan fingerprint density at radius 3 is 2.37 bits per heavy atom. The number of nitrogens with zero attached hydrogens (tertiary/aromatic N) is 2. The van der Waals surface area contributed by atoms with Gasteiger partial charge in [-0.05, 0) is 91.8 Å². The molecule has 2 bridgehead atoms. The monoisotopic (exact) mass is 706 g/mol. The summed E-state index contributed by atoms with van der Waals surface area (Å²) in [5, 5.41) is 4.80. The van der Waals surface area contributed by atoms with Crippen LogP contribution in [0.15, 0.2) is 66.2 Å². The highest BCUT2D eigenvalue weighted by atomic mass is 35.5. The molecule has 2 aliphatic rings. The zero-order valence-electron chi connectivity index (χ0n) is 28.3. The number of nitrogens with two attached hydrogens (primary N) is 1. The van der Waals surface area contributed by atoms with Crippen molar-refractivity contribution < 1.29 is 23.9 Å². The highest BCUT2D eigenvalue weighted by Gasteiger charge is 2.40. The summed E-state index contributed by atoms with van der Waals surface area (Å²) in [6.07, 6.45) is 1.37. The van der Waals surface area contributed by atoms with Gasteiger partial charge >= 0.3 is 0 Å². The average Bonchev–Trinajstić information content (AvgIpc) is 3.08. The van der Waals surface area contributed by atoms with E-state index in [1.54, 1.807) is 4.90 Å². The Balaban J connectivity index is 1.35. The SMILES string of the molecule is CCN(Cc1ccccc1Cl)C(=O)C1=C(c2ccc(OCCOc3cc(C)c(C)cc3Cl)cc2)C[C@@H]2CN(C(=O)CCCC(N)=O)C[C@H]1N2. The van der Waals surface area contributed by atoms with E-state index in [0.29, 0.717) is 79.4 Å². The van der Waals surface area contributed by atoms with Crippen molar-refractivity contribution in [3.8, 4) is 11.5 Å². The van der Waals surface area contributed by atoms with Crippen LogP contribution in [0, 0.1) is 13.8 Å². The molecule has 0 aliphatic carbocycles. The molecule has 1 fully saturated rings. The third-order valence-corrected chi connectivity index (χ3v) is 9.81. The minimum absolute atomic E-state index is 0.0330. The highest BCUT2D eigenvalue weighted by Crippen LogP contribution is 2.35. The van der Waals surface area contributed by atoms with E-state index >= 15 is 0 Å². The number of nitrogens with one attached hydrogen (secondary N) is 1. The van der Waals surface area contributed by atoms with Crippen LogP contribution in [0.1, 0.15) is 54.9 Å². The average molecular weight is 708 g/mol. The molecule has 3 aromatic rings. The molecule has 0 unspecified atom stereocenters. The fraction of sp³-hybridized carbons (Fsp3) is 0.395. The lowest BCUT2D eigenvalue weighted by Crippen LogP contribution is -2.62. The van der Waals surface area contributed by atoms with Gasteiger partial charge in [-0.25, -0.2) is 0 Å². The van der Waals surface area contributed by atoms with Crippen LogP contribution in [0.3, 0.4) is 0 Å². The lowest BCUT2D eigenvalue weighted by Gasteiger charge is -2.45. The van der Waals surface area contributed by atoms with E-state index in [4.69, 9.17) is 38.4 Å². The van der Waals surface area contributed by atoms with Crippen LogP contribution in [0.5, 0.6) is 11.5 Å². The molecule has 260 valence electrons. The van der Waals surface area contributed by atoms with Gasteiger partial charge in [0.25, 0.3) is 5.91 Å². The number of primary amides is 1. The zero-order chi connectivity index (χ0) is 35.1. The van der Waals surface area contributed by atoms with Crippen molar-refractivity contribution in [2.45, 2.75) is 65.1 Å². The van der Waals surface area contributed by atoms with Crippen LogP contribution < -0.4 is 20.5 Å². The number of fused-ring (bicyclic) bond motifs is 2. The van der Waals surface area contributed by atoms with Gasteiger partial charge < -0.3 is 30.3 Å². The minimum Gasteiger partial charge on any atom is -0.490 e. The number of hydrogen-bond donors (Lipinski definition) is 2. The number of ether oxygens (including phenoxy) is 2. The van der Waals surface area contributed by atoms with Crippen LogP contribution >= 0.6 is 23.2 Å². The van der Waals surface area contributed by atoms with Gasteiger partial charge in [0.1, 0.15) is 24.7 Å². The van der Waals surface area contributed by atoms with Gasteiger partial charge in [-0.1, -0.05) is 53.5 Å². The van der Waals surface area contributed by atoms with Gasteiger partial charge in [-0.3, -0.25) is 14.4 Å².